The molecule has 1 radical (unpaired) electrons. The number of likely N-dealkylation sites (N-methyl/N-ethyl adjacent to an activating group) is 1. The number of hydrogen-bond acceptors (Lipinski definition) is 3. The minimum absolute atomic E-state index is 0.785. The molecular weight excluding hydrogens is 202 g/mol. The van der Waals surface area contributed by atoms with Crippen LogP contribution in [0.3, 0.4) is 0 Å². The lowest BCUT2D eigenvalue weighted by molar-refractivity contribution is 0.313. The molecule has 85 valence electrons. The lowest BCUT2D eigenvalue weighted by atomic mass is 10.2. The molecule has 0 aliphatic carbocycles. The summed E-state index contributed by atoms with van der Waals surface area (Å²) in [4.78, 5) is 14.8. The molecule has 1 N–H and O–H groups in total. The van der Waals surface area contributed by atoms with Crippen LogP contribution in [0.4, 0.5) is 11.4 Å². The maximum Gasteiger partial charge on any atom is 0.314 e. The van der Waals surface area contributed by atoms with E-state index in [0.717, 1.165) is 31.9 Å². The van der Waals surface area contributed by atoms with Gasteiger partial charge in [-0.25, -0.2) is 0 Å². The first-order valence-electron chi connectivity index (χ1n) is 5.46. The highest BCUT2D eigenvalue weighted by atomic mass is 16.1. The molecule has 1 saturated heterocycles. The summed E-state index contributed by atoms with van der Waals surface area (Å²) in [6.07, 6.45) is 1.67. The van der Waals surface area contributed by atoms with Gasteiger partial charge in [0.1, 0.15) is 0 Å². The van der Waals surface area contributed by atoms with Crippen LogP contribution in [0.1, 0.15) is 0 Å². The maximum atomic E-state index is 10.1. The molecule has 0 bridgehead atoms. The minimum Gasteiger partial charge on any atom is -0.369 e. The largest absolute Gasteiger partial charge is 0.369 e. The van der Waals surface area contributed by atoms with E-state index in [2.05, 4.69) is 22.2 Å². The van der Waals surface area contributed by atoms with E-state index >= 15 is 0 Å². The van der Waals surface area contributed by atoms with Crippen molar-refractivity contribution < 1.29 is 4.79 Å². The predicted molar refractivity (Wildman–Crippen MR) is 65.5 cm³/mol. The predicted octanol–water partition coefficient (Wildman–Crippen LogP) is 0.917. The Hall–Kier alpha value is -1.55. The molecule has 4 heteroatoms. The summed E-state index contributed by atoms with van der Waals surface area (Å²) >= 11 is 0. The van der Waals surface area contributed by atoms with Crippen molar-refractivity contribution in [3.8, 4) is 0 Å². The Labute approximate surface area is 95.8 Å². The van der Waals surface area contributed by atoms with Gasteiger partial charge in [0, 0.05) is 37.6 Å². The number of nitrogens with zero attached hydrogens (tertiary/aromatic N) is 2. The second-order valence-corrected chi connectivity index (χ2v) is 4.06. The topological polar surface area (TPSA) is 35.6 Å². The van der Waals surface area contributed by atoms with Crippen LogP contribution in [0, 0.1) is 0 Å². The number of piperazine rings is 1. The fourth-order valence-electron chi connectivity index (χ4n) is 1.88. The molecule has 1 amide bonds. The van der Waals surface area contributed by atoms with Crippen molar-refractivity contribution in [1.82, 2.24) is 4.90 Å². The van der Waals surface area contributed by atoms with E-state index in [-0.39, 0.29) is 0 Å². The van der Waals surface area contributed by atoms with Crippen LogP contribution < -0.4 is 10.2 Å². The molecule has 0 unspecified atom stereocenters. The van der Waals surface area contributed by atoms with Crippen LogP contribution >= 0.6 is 0 Å². The zero-order valence-electron chi connectivity index (χ0n) is 9.44. The van der Waals surface area contributed by atoms with E-state index < -0.39 is 0 Å². The van der Waals surface area contributed by atoms with E-state index in [9.17, 15) is 4.79 Å². The Balaban J connectivity index is 2.01. The van der Waals surface area contributed by atoms with Crippen LogP contribution in [0.15, 0.2) is 24.3 Å². The lowest BCUT2D eigenvalue weighted by Crippen LogP contribution is -2.44. The van der Waals surface area contributed by atoms with Crippen molar-refractivity contribution >= 4 is 17.8 Å². The first-order valence-corrected chi connectivity index (χ1v) is 5.46. The summed E-state index contributed by atoms with van der Waals surface area (Å²) < 4.78 is 0. The van der Waals surface area contributed by atoms with Gasteiger partial charge < -0.3 is 15.1 Å². The number of nitrogens with one attached hydrogen (secondary N) is 1. The summed E-state index contributed by atoms with van der Waals surface area (Å²) in [5.74, 6) is 0. The van der Waals surface area contributed by atoms with Crippen molar-refractivity contribution in [3.05, 3.63) is 24.3 Å². The lowest BCUT2D eigenvalue weighted by Gasteiger charge is -2.34. The van der Waals surface area contributed by atoms with Crippen LogP contribution in [0.25, 0.3) is 0 Å². The summed E-state index contributed by atoms with van der Waals surface area (Å²) in [6, 6.07) is 7.87. The van der Waals surface area contributed by atoms with Crippen LogP contribution in [-0.2, 0) is 4.79 Å². The molecule has 1 aliphatic rings. The molecule has 0 atom stereocenters. The first kappa shape index (κ1) is 11.0. The second kappa shape index (κ2) is 4.99. The zero-order chi connectivity index (χ0) is 11.4. The van der Waals surface area contributed by atoms with Gasteiger partial charge in [0.05, 0.1) is 0 Å². The SMILES string of the molecule is CN1CCN(c2ccc(N[C]=O)cc2)CC1. The minimum atomic E-state index is 0.785. The number of benzene rings is 1. The monoisotopic (exact) mass is 218 g/mol. The highest BCUT2D eigenvalue weighted by Crippen LogP contribution is 2.18. The molecule has 1 aromatic carbocycles. The van der Waals surface area contributed by atoms with E-state index in [4.69, 9.17) is 0 Å². The molecule has 0 saturated carbocycles. The molecule has 1 fully saturated rings. The second-order valence-electron chi connectivity index (χ2n) is 4.06. The molecule has 0 aromatic heterocycles. The average molecular weight is 218 g/mol. The fourth-order valence-corrected chi connectivity index (χ4v) is 1.88. The van der Waals surface area contributed by atoms with Crippen LogP contribution in [-0.4, -0.2) is 44.5 Å². The van der Waals surface area contributed by atoms with E-state index in [1.807, 2.05) is 24.3 Å². The maximum absolute atomic E-state index is 10.1. The van der Waals surface area contributed by atoms with Crippen molar-refractivity contribution in [2.45, 2.75) is 0 Å². The zero-order valence-corrected chi connectivity index (χ0v) is 9.44. The van der Waals surface area contributed by atoms with Gasteiger partial charge in [-0.15, -0.1) is 0 Å². The number of carbonyl (C=O) groups excluding carboxylic acids is 1. The molecule has 1 heterocycles. The average Bonchev–Trinajstić information content (AvgIpc) is 2.32. The molecule has 0 spiro atoms. The molecule has 4 nitrogen and oxygen atoms in total. The number of rotatable bonds is 3. The fraction of sp³-hybridized carbons (Fsp3) is 0.417. The van der Waals surface area contributed by atoms with Gasteiger partial charge in [0.2, 0.25) is 0 Å². The number of amides is 1. The summed E-state index contributed by atoms with van der Waals surface area (Å²) in [6.45, 7) is 4.32. The summed E-state index contributed by atoms with van der Waals surface area (Å²) in [5, 5.41) is 2.51. The Morgan fingerprint density at radius 2 is 1.75 bits per heavy atom. The van der Waals surface area contributed by atoms with Gasteiger partial charge in [0.25, 0.3) is 0 Å². The van der Waals surface area contributed by atoms with Gasteiger partial charge in [-0.1, -0.05) is 0 Å². The smallest absolute Gasteiger partial charge is 0.314 e. The van der Waals surface area contributed by atoms with E-state index in [0.29, 0.717) is 0 Å². The number of hydrogen-bond donors (Lipinski definition) is 1. The molecule has 1 aliphatic heterocycles. The molecular formula is C12H16N3O. The highest BCUT2D eigenvalue weighted by Gasteiger charge is 2.13. The van der Waals surface area contributed by atoms with Crippen molar-refractivity contribution in [2.24, 2.45) is 0 Å². The Kier molecular flexibility index (Phi) is 3.41. The third-order valence-corrected chi connectivity index (χ3v) is 2.93. The first-order chi connectivity index (χ1) is 7.79. The van der Waals surface area contributed by atoms with Crippen molar-refractivity contribution in [1.29, 1.82) is 0 Å². The Morgan fingerprint density at radius 3 is 2.31 bits per heavy atom. The standard InChI is InChI=1S/C12H16N3O/c1-14-6-8-15(9-7-14)12-4-2-11(3-5-12)13-10-16/h2-5H,6-9H2,1H3,(H,13,16). The Bertz CT molecular complexity index is 342. The Morgan fingerprint density at radius 1 is 1.12 bits per heavy atom. The van der Waals surface area contributed by atoms with E-state index in [1.54, 1.807) is 6.41 Å². The highest BCUT2D eigenvalue weighted by molar-refractivity contribution is 5.72. The molecule has 16 heavy (non-hydrogen) atoms. The van der Waals surface area contributed by atoms with Gasteiger partial charge >= 0.3 is 6.41 Å². The normalized spacial score (nSPS) is 17.2. The van der Waals surface area contributed by atoms with Gasteiger partial charge in [-0.05, 0) is 31.3 Å². The van der Waals surface area contributed by atoms with Gasteiger partial charge in [0.15, 0.2) is 0 Å². The third kappa shape index (κ3) is 2.52. The van der Waals surface area contributed by atoms with Crippen molar-refractivity contribution in [3.63, 3.8) is 0 Å². The third-order valence-electron chi connectivity index (χ3n) is 2.93. The van der Waals surface area contributed by atoms with Crippen LogP contribution in [0.5, 0.6) is 0 Å². The summed E-state index contributed by atoms with van der Waals surface area (Å²) in [5.41, 5.74) is 2.00. The quantitative estimate of drug-likeness (QED) is 0.766. The van der Waals surface area contributed by atoms with Gasteiger partial charge in [-0.2, -0.15) is 0 Å². The summed E-state index contributed by atoms with van der Waals surface area (Å²) in [7, 11) is 2.14. The van der Waals surface area contributed by atoms with Gasteiger partial charge in [-0.3, -0.25) is 4.79 Å². The van der Waals surface area contributed by atoms with E-state index in [1.165, 1.54) is 5.69 Å². The molecule has 2 rings (SSSR count). The van der Waals surface area contributed by atoms with Crippen LogP contribution in [0.2, 0.25) is 0 Å². The molecule has 1 aromatic rings. The van der Waals surface area contributed by atoms with Crippen molar-refractivity contribution in [2.75, 3.05) is 43.4 Å². The number of anilines is 2.